The number of rotatable bonds is 6. The minimum absolute atomic E-state index is 0.110. The molecule has 0 saturated heterocycles. The maximum absolute atomic E-state index is 6.17. The summed E-state index contributed by atoms with van der Waals surface area (Å²) in [6.07, 6.45) is -0.110. The van der Waals surface area contributed by atoms with Gasteiger partial charge in [0.15, 0.2) is 0 Å². The van der Waals surface area contributed by atoms with Gasteiger partial charge in [-0.3, -0.25) is 4.52 Å². The average Bonchev–Trinajstić information content (AvgIpc) is 2.83. The van der Waals surface area contributed by atoms with Crippen LogP contribution in [0.15, 0.2) is 48.5 Å². The van der Waals surface area contributed by atoms with Crippen molar-refractivity contribution in [2.24, 2.45) is 0 Å². The van der Waals surface area contributed by atoms with Crippen molar-refractivity contribution in [3.05, 3.63) is 59.7 Å². The molecule has 3 rings (SSSR count). The fraction of sp³-hybridized carbons (Fsp3) is 0.294. The van der Waals surface area contributed by atoms with Crippen molar-refractivity contribution in [1.29, 1.82) is 0 Å². The molecule has 0 saturated carbocycles. The zero-order valence-electron chi connectivity index (χ0n) is 12.3. The normalized spacial score (nSPS) is 13.5. The van der Waals surface area contributed by atoms with E-state index >= 15 is 0 Å². The highest BCUT2D eigenvalue weighted by Gasteiger charge is 2.32. The highest BCUT2D eigenvalue weighted by Crippen LogP contribution is 2.52. The smallest absolute Gasteiger partial charge is 0.313 e. The Hall–Kier alpha value is -1.25. The summed E-state index contributed by atoms with van der Waals surface area (Å²) in [4.78, 5) is 0. The summed E-state index contributed by atoms with van der Waals surface area (Å²) in [7, 11) is -1.32. The van der Waals surface area contributed by atoms with E-state index in [1.54, 1.807) is 0 Å². The molecule has 110 valence electrons. The van der Waals surface area contributed by atoms with E-state index in [0.717, 1.165) is 0 Å². The SMILES string of the molecule is CCOP(OCC)OC1c2ccccc2-c2ccccc21. The van der Waals surface area contributed by atoms with Gasteiger partial charge < -0.3 is 9.05 Å². The second kappa shape index (κ2) is 6.67. The third kappa shape index (κ3) is 2.88. The van der Waals surface area contributed by atoms with Gasteiger partial charge >= 0.3 is 8.60 Å². The highest BCUT2D eigenvalue weighted by atomic mass is 31.2. The summed E-state index contributed by atoms with van der Waals surface area (Å²) in [6, 6.07) is 16.7. The van der Waals surface area contributed by atoms with Crippen molar-refractivity contribution >= 4 is 8.60 Å². The van der Waals surface area contributed by atoms with E-state index in [9.17, 15) is 0 Å². The Labute approximate surface area is 126 Å². The summed E-state index contributed by atoms with van der Waals surface area (Å²) in [5.41, 5.74) is 4.85. The molecule has 0 aliphatic heterocycles. The lowest BCUT2D eigenvalue weighted by atomic mass is 10.1. The van der Waals surface area contributed by atoms with Gasteiger partial charge in [-0.15, -0.1) is 0 Å². The fourth-order valence-electron chi connectivity index (χ4n) is 2.62. The lowest BCUT2D eigenvalue weighted by Gasteiger charge is -2.21. The molecule has 1 aliphatic rings. The van der Waals surface area contributed by atoms with Crippen molar-refractivity contribution in [2.75, 3.05) is 13.2 Å². The van der Waals surface area contributed by atoms with E-state index in [2.05, 4.69) is 36.4 Å². The van der Waals surface area contributed by atoms with Crippen molar-refractivity contribution in [3.63, 3.8) is 0 Å². The lowest BCUT2D eigenvalue weighted by molar-refractivity contribution is 0.144. The molecule has 0 radical (unpaired) electrons. The molecule has 0 bridgehead atoms. The number of benzene rings is 2. The predicted molar refractivity (Wildman–Crippen MR) is 85.0 cm³/mol. The highest BCUT2D eigenvalue weighted by molar-refractivity contribution is 7.41. The van der Waals surface area contributed by atoms with Gasteiger partial charge in [0.1, 0.15) is 6.10 Å². The van der Waals surface area contributed by atoms with Gasteiger partial charge in [0.25, 0.3) is 0 Å². The molecular formula is C17H19O3P. The molecule has 2 aromatic rings. The topological polar surface area (TPSA) is 27.7 Å². The molecule has 4 heteroatoms. The van der Waals surface area contributed by atoms with Crippen LogP contribution >= 0.6 is 8.60 Å². The standard InChI is InChI=1S/C17H19O3P/c1-3-18-21(19-4-2)20-17-15-11-7-5-9-13(15)14-10-6-8-12-16(14)17/h5-12,17H,3-4H2,1-2H3. The Morgan fingerprint density at radius 2 is 1.29 bits per heavy atom. The van der Waals surface area contributed by atoms with Gasteiger partial charge in [-0.05, 0) is 36.1 Å². The van der Waals surface area contributed by atoms with Crippen LogP contribution in [0.4, 0.5) is 0 Å². The average molecular weight is 302 g/mol. The van der Waals surface area contributed by atoms with E-state index in [0.29, 0.717) is 13.2 Å². The summed E-state index contributed by atoms with van der Waals surface area (Å²) in [5.74, 6) is 0. The van der Waals surface area contributed by atoms with Gasteiger partial charge in [0, 0.05) is 0 Å². The van der Waals surface area contributed by atoms with E-state index in [1.807, 2.05) is 26.0 Å². The first-order chi connectivity index (χ1) is 10.3. The van der Waals surface area contributed by atoms with E-state index < -0.39 is 8.60 Å². The van der Waals surface area contributed by atoms with Crippen LogP contribution in [0, 0.1) is 0 Å². The summed E-state index contributed by atoms with van der Waals surface area (Å²) < 4.78 is 17.4. The van der Waals surface area contributed by atoms with Crippen LogP contribution in [0.2, 0.25) is 0 Å². The van der Waals surface area contributed by atoms with Crippen LogP contribution in [0.5, 0.6) is 0 Å². The molecule has 0 fully saturated rings. The molecule has 0 aromatic heterocycles. The van der Waals surface area contributed by atoms with Gasteiger partial charge in [0.2, 0.25) is 0 Å². The minimum Gasteiger partial charge on any atom is -0.313 e. The van der Waals surface area contributed by atoms with Crippen LogP contribution in [0.25, 0.3) is 11.1 Å². The molecule has 3 nitrogen and oxygen atoms in total. The van der Waals surface area contributed by atoms with Crippen molar-refractivity contribution in [2.45, 2.75) is 20.0 Å². The van der Waals surface area contributed by atoms with Crippen molar-refractivity contribution < 1.29 is 13.6 Å². The van der Waals surface area contributed by atoms with E-state index in [4.69, 9.17) is 13.6 Å². The Balaban J connectivity index is 1.94. The molecular weight excluding hydrogens is 283 g/mol. The Bertz CT molecular complexity index is 563. The van der Waals surface area contributed by atoms with E-state index in [-0.39, 0.29) is 6.10 Å². The van der Waals surface area contributed by atoms with Crippen molar-refractivity contribution in [1.82, 2.24) is 0 Å². The molecule has 0 spiro atoms. The van der Waals surface area contributed by atoms with Crippen LogP contribution in [-0.4, -0.2) is 13.2 Å². The summed E-state index contributed by atoms with van der Waals surface area (Å²) in [6.45, 7) is 5.08. The molecule has 0 amide bonds. The van der Waals surface area contributed by atoms with Crippen molar-refractivity contribution in [3.8, 4) is 11.1 Å². The Morgan fingerprint density at radius 3 is 1.76 bits per heavy atom. The lowest BCUT2D eigenvalue weighted by Crippen LogP contribution is -2.03. The predicted octanol–water partition coefficient (Wildman–Crippen LogP) is 5.07. The first-order valence-corrected chi connectivity index (χ1v) is 8.35. The van der Waals surface area contributed by atoms with Crippen LogP contribution < -0.4 is 0 Å². The molecule has 0 unspecified atom stereocenters. The molecule has 0 atom stereocenters. The van der Waals surface area contributed by atoms with E-state index in [1.165, 1.54) is 22.3 Å². The second-order valence-electron chi connectivity index (χ2n) is 4.72. The third-order valence-corrected chi connectivity index (χ3v) is 4.76. The fourth-order valence-corrected chi connectivity index (χ4v) is 3.64. The van der Waals surface area contributed by atoms with Gasteiger partial charge in [-0.25, -0.2) is 0 Å². The zero-order chi connectivity index (χ0) is 14.7. The Kier molecular flexibility index (Phi) is 4.67. The maximum Gasteiger partial charge on any atom is 0.333 e. The zero-order valence-corrected chi connectivity index (χ0v) is 13.2. The monoisotopic (exact) mass is 302 g/mol. The Morgan fingerprint density at radius 1 is 0.810 bits per heavy atom. The van der Waals surface area contributed by atoms with Crippen LogP contribution in [-0.2, 0) is 13.6 Å². The summed E-state index contributed by atoms with van der Waals surface area (Å²) >= 11 is 0. The third-order valence-electron chi connectivity index (χ3n) is 3.44. The van der Waals surface area contributed by atoms with Crippen LogP contribution in [0.1, 0.15) is 31.1 Å². The molecule has 0 N–H and O–H groups in total. The minimum atomic E-state index is -1.32. The van der Waals surface area contributed by atoms with Gasteiger partial charge in [-0.2, -0.15) is 0 Å². The van der Waals surface area contributed by atoms with Gasteiger partial charge in [0.05, 0.1) is 13.2 Å². The number of hydrogen-bond donors (Lipinski definition) is 0. The molecule has 2 aromatic carbocycles. The first kappa shape index (κ1) is 14.7. The molecule has 21 heavy (non-hydrogen) atoms. The van der Waals surface area contributed by atoms with Crippen LogP contribution in [0.3, 0.4) is 0 Å². The number of hydrogen-bond acceptors (Lipinski definition) is 3. The summed E-state index contributed by atoms with van der Waals surface area (Å²) in [5, 5.41) is 0. The largest absolute Gasteiger partial charge is 0.333 e. The second-order valence-corrected chi connectivity index (χ2v) is 5.89. The first-order valence-electron chi connectivity index (χ1n) is 7.26. The molecule has 1 aliphatic carbocycles. The quantitative estimate of drug-likeness (QED) is 0.697. The number of fused-ring (bicyclic) bond motifs is 3. The molecule has 0 heterocycles. The van der Waals surface area contributed by atoms with Gasteiger partial charge in [-0.1, -0.05) is 48.5 Å². The maximum atomic E-state index is 6.17.